The second-order valence-electron chi connectivity index (χ2n) is 7.57. The van der Waals surface area contributed by atoms with Gasteiger partial charge in [-0.2, -0.15) is 0 Å². The van der Waals surface area contributed by atoms with Crippen molar-refractivity contribution in [3.8, 4) is 16.9 Å². The highest BCUT2D eigenvalue weighted by Crippen LogP contribution is 2.45. The van der Waals surface area contributed by atoms with Crippen LogP contribution >= 0.6 is 0 Å². The summed E-state index contributed by atoms with van der Waals surface area (Å²) in [6.07, 6.45) is 0.984. The van der Waals surface area contributed by atoms with Gasteiger partial charge in [0.05, 0.1) is 0 Å². The molecule has 0 spiro atoms. The van der Waals surface area contributed by atoms with Crippen molar-refractivity contribution in [2.45, 2.75) is 26.9 Å². The largest absolute Gasteiger partial charge is 0.488 e. The minimum absolute atomic E-state index is 0.592. The highest BCUT2D eigenvalue weighted by Gasteiger charge is 2.23. The normalized spacial score (nSPS) is 12.1. The van der Waals surface area contributed by atoms with Crippen LogP contribution in [0, 0.1) is 13.8 Å². The van der Waals surface area contributed by atoms with Crippen LogP contribution in [0.2, 0.25) is 0 Å². The van der Waals surface area contributed by atoms with E-state index >= 15 is 0 Å². The first kappa shape index (κ1) is 16.1. The molecule has 0 saturated heterocycles. The van der Waals surface area contributed by atoms with E-state index in [4.69, 9.17) is 4.74 Å². The fourth-order valence-electron chi connectivity index (χ4n) is 4.19. The van der Waals surface area contributed by atoms with Gasteiger partial charge < -0.3 is 4.74 Å². The van der Waals surface area contributed by atoms with Gasteiger partial charge in [-0.1, -0.05) is 71.8 Å². The van der Waals surface area contributed by atoms with E-state index in [0.717, 1.165) is 12.2 Å². The molecule has 0 atom stereocenters. The molecule has 1 nitrogen and oxygen atoms in total. The topological polar surface area (TPSA) is 9.23 Å². The smallest absolute Gasteiger partial charge is 0.127 e. The van der Waals surface area contributed by atoms with E-state index < -0.39 is 0 Å². The summed E-state index contributed by atoms with van der Waals surface area (Å²) in [5, 5.41) is 2.50. The quantitative estimate of drug-likeness (QED) is 0.356. The fraction of sp³-hybridized carbons (Fsp3) is 0.154. The predicted molar refractivity (Wildman–Crippen MR) is 112 cm³/mol. The Morgan fingerprint density at radius 2 is 1.52 bits per heavy atom. The van der Waals surface area contributed by atoms with E-state index in [-0.39, 0.29) is 0 Å². The van der Waals surface area contributed by atoms with Gasteiger partial charge in [0.1, 0.15) is 12.4 Å². The lowest BCUT2D eigenvalue weighted by Crippen LogP contribution is -1.97. The molecule has 0 amide bonds. The molecule has 0 bridgehead atoms. The van der Waals surface area contributed by atoms with E-state index in [2.05, 4.69) is 80.6 Å². The Bertz CT molecular complexity index is 1160. The molecule has 0 heterocycles. The summed E-state index contributed by atoms with van der Waals surface area (Å²) in [6, 6.07) is 26.2. The van der Waals surface area contributed by atoms with Gasteiger partial charge in [-0.15, -0.1) is 0 Å². The average molecular weight is 350 g/mol. The maximum absolute atomic E-state index is 6.31. The van der Waals surface area contributed by atoms with E-state index in [1.165, 1.54) is 49.7 Å². The molecule has 1 aliphatic carbocycles. The van der Waals surface area contributed by atoms with Gasteiger partial charge in [-0.05, 0) is 65.6 Å². The first-order valence-electron chi connectivity index (χ1n) is 9.52. The highest BCUT2D eigenvalue weighted by atomic mass is 16.5. The summed E-state index contributed by atoms with van der Waals surface area (Å²) in [7, 11) is 0. The number of hydrogen-bond acceptors (Lipinski definition) is 1. The van der Waals surface area contributed by atoms with Crippen LogP contribution in [0.15, 0.2) is 72.8 Å². The number of hydrogen-bond donors (Lipinski definition) is 0. The van der Waals surface area contributed by atoms with E-state index in [0.29, 0.717) is 6.61 Å². The van der Waals surface area contributed by atoms with Gasteiger partial charge in [-0.25, -0.2) is 0 Å². The van der Waals surface area contributed by atoms with Crippen molar-refractivity contribution in [3.05, 3.63) is 101 Å². The van der Waals surface area contributed by atoms with Gasteiger partial charge in [0.15, 0.2) is 0 Å². The lowest BCUT2D eigenvalue weighted by molar-refractivity contribution is 0.310. The minimum Gasteiger partial charge on any atom is -0.488 e. The average Bonchev–Trinajstić information content (AvgIpc) is 3.04. The molecule has 0 unspecified atom stereocenters. The first-order valence-corrected chi connectivity index (χ1v) is 9.52. The summed E-state index contributed by atoms with van der Waals surface area (Å²) in [6.45, 7) is 4.90. The van der Waals surface area contributed by atoms with Gasteiger partial charge in [-0.3, -0.25) is 0 Å². The molecular formula is C26H22O. The molecule has 0 N–H and O–H groups in total. The summed E-state index contributed by atoms with van der Waals surface area (Å²) in [5.74, 6) is 0.987. The number of fused-ring (bicyclic) bond motifs is 5. The van der Waals surface area contributed by atoms with Crippen molar-refractivity contribution in [3.63, 3.8) is 0 Å². The fourth-order valence-corrected chi connectivity index (χ4v) is 4.19. The zero-order chi connectivity index (χ0) is 18.4. The van der Waals surface area contributed by atoms with Crippen LogP contribution in [0.4, 0.5) is 0 Å². The third-order valence-electron chi connectivity index (χ3n) is 5.48. The Labute approximate surface area is 160 Å². The van der Waals surface area contributed by atoms with Crippen molar-refractivity contribution in [2.75, 3.05) is 0 Å². The molecule has 0 saturated carbocycles. The molecule has 27 heavy (non-hydrogen) atoms. The van der Waals surface area contributed by atoms with Crippen LogP contribution in [0.3, 0.4) is 0 Å². The van der Waals surface area contributed by atoms with Crippen LogP contribution in [-0.2, 0) is 13.0 Å². The predicted octanol–water partition coefficient (Wildman–Crippen LogP) is 6.61. The first-order chi connectivity index (χ1) is 13.2. The molecule has 0 fully saturated rings. The van der Waals surface area contributed by atoms with Gasteiger partial charge in [0.2, 0.25) is 0 Å². The molecule has 0 radical (unpaired) electrons. The molecule has 1 aliphatic rings. The zero-order valence-electron chi connectivity index (χ0n) is 15.8. The third-order valence-corrected chi connectivity index (χ3v) is 5.48. The highest BCUT2D eigenvalue weighted by molar-refractivity contribution is 6.04. The molecule has 4 aromatic carbocycles. The monoisotopic (exact) mass is 350 g/mol. The Hall–Kier alpha value is -3.06. The summed E-state index contributed by atoms with van der Waals surface area (Å²) in [4.78, 5) is 0. The van der Waals surface area contributed by atoms with Gasteiger partial charge in [0, 0.05) is 5.39 Å². The molecular weight excluding hydrogens is 328 g/mol. The second-order valence-corrected chi connectivity index (χ2v) is 7.57. The summed E-state index contributed by atoms with van der Waals surface area (Å²) in [5.41, 5.74) is 9.32. The SMILES string of the molecule is Cc1ccc2c(c1)Cc1cc(OCc3ccccc3)c3cc(C)ccc3c1-2. The molecule has 132 valence electrons. The second kappa shape index (κ2) is 6.28. The third kappa shape index (κ3) is 2.80. The molecule has 0 aliphatic heterocycles. The van der Waals surface area contributed by atoms with Crippen molar-refractivity contribution in [2.24, 2.45) is 0 Å². The number of aryl methyl sites for hydroxylation is 2. The van der Waals surface area contributed by atoms with E-state index in [9.17, 15) is 0 Å². The van der Waals surface area contributed by atoms with Crippen LogP contribution in [0.5, 0.6) is 5.75 Å². The van der Waals surface area contributed by atoms with Crippen molar-refractivity contribution >= 4 is 10.8 Å². The van der Waals surface area contributed by atoms with E-state index in [1.807, 2.05) is 6.07 Å². The Balaban J connectivity index is 1.65. The molecule has 4 aromatic rings. The maximum atomic E-state index is 6.31. The lowest BCUT2D eigenvalue weighted by atomic mass is 9.95. The molecule has 5 rings (SSSR count). The summed E-state index contributed by atoms with van der Waals surface area (Å²) >= 11 is 0. The van der Waals surface area contributed by atoms with Crippen LogP contribution in [-0.4, -0.2) is 0 Å². The Morgan fingerprint density at radius 1 is 0.741 bits per heavy atom. The van der Waals surface area contributed by atoms with Crippen molar-refractivity contribution in [1.29, 1.82) is 0 Å². The Morgan fingerprint density at radius 3 is 2.37 bits per heavy atom. The van der Waals surface area contributed by atoms with Crippen LogP contribution in [0.25, 0.3) is 21.9 Å². The molecule has 0 aromatic heterocycles. The van der Waals surface area contributed by atoms with Crippen molar-refractivity contribution in [1.82, 2.24) is 0 Å². The minimum atomic E-state index is 0.592. The van der Waals surface area contributed by atoms with Gasteiger partial charge >= 0.3 is 0 Å². The van der Waals surface area contributed by atoms with Crippen molar-refractivity contribution < 1.29 is 4.74 Å². The summed E-state index contributed by atoms with van der Waals surface area (Å²) < 4.78 is 6.31. The standard InChI is InChI=1S/C26H22O/c1-17-8-10-22-20(12-17)14-21-15-25(27-16-19-6-4-3-5-7-19)24-13-18(2)9-11-23(24)26(21)22/h3-13,15H,14,16H2,1-2H3. The van der Waals surface area contributed by atoms with E-state index in [1.54, 1.807) is 0 Å². The van der Waals surface area contributed by atoms with Crippen LogP contribution < -0.4 is 4.74 Å². The van der Waals surface area contributed by atoms with Gasteiger partial charge in [0.25, 0.3) is 0 Å². The maximum Gasteiger partial charge on any atom is 0.127 e. The number of rotatable bonds is 3. The number of ether oxygens (including phenoxy) is 1. The zero-order valence-corrected chi connectivity index (χ0v) is 15.8. The van der Waals surface area contributed by atoms with Crippen LogP contribution in [0.1, 0.15) is 27.8 Å². The number of benzene rings is 4. The lowest BCUT2D eigenvalue weighted by Gasteiger charge is -2.14. The molecule has 1 heteroatoms. The Kier molecular flexibility index (Phi) is 3.75.